The van der Waals surface area contributed by atoms with Gasteiger partial charge in [0.2, 0.25) is 0 Å². The van der Waals surface area contributed by atoms with Crippen molar-refractivity contribution in [1.29, 1.82) is 0 Å². The summed E-state index contributed by atoms with van der Waals surface area (Å²) >= 11 is 0. The number of hydrogen-bond donors (Lipinski definition) is 3. The van der Waals surface area contributed by atoms with Gasteiger partial charge < -0.3 is 20.1 Å². The number of allylic oxidation sites excluding steroid dienone is 2. The average molecular weight is 340 g/mol. The Bertz CT molecular complexity index is 863. The van der Waals surface area contributed by atoms with Crippen molar-refractivity contribution in [2.75, 3.05) is 6.61 Å². The van der Waals surface area contributed by atoms with Crippen molar-refractivity contribution in [3.05, 3.63) is 58.7 Å². The zero-order valence-corrected chi connectivity index (χ0v) is 14.1. The third kappa shape index (κ3) is 3.31. The fraction of sp³-hybridized carbons (Fsp3) is 0.250. The molecular weight excluding hydrogens is 320 g/mol. The second-order valence-corrected chi connectivity index (χ2v) is 6.43. The molecule has 0 aliphatic carbocycles. The Labute approximate surface area is 145 Å². The van der Waals surface area contributed by atoms with Gasteiger partial charge in [-0.05, 0) is 38.0 Å². The summed E-state index contributed by atoms with van der Waals surface area (Å²) in [6, 6.07) is 7.26. The summed E-state index contributed by atoms with van der Waals surface area (Å²) in [5.74, 6) is -0.615. The maximum atomic E-state index is 12.9. The minimum Gasteiger partial charge on any atom is -0.508 e. The Kier molecular flexibility index (Phi) is 4.40. The first kappa shape index (κ1) is 16.9. The van der Waals surface area contributed by atoms with E-state index in [2.05, 4.69) is 0 Å². The van der Waals surface area contributed by atoms with Crippen LogP contribution in [0.15, 0.2) is 42.0 Å². The molecule has 2 aromatic carbocycles. The van der Waals surface area contributed by atoms with Crippen LogP contribution in [0.3, 0.4) is 0 Å². The van der Waals surface area contributed by atoms with E-state index in [9.17, 15) is 20.1 Å². The molecule has 2 aromatic rings. The minimum absolute atomic E-state index is 0.0664. The molecule has 0 fully saturated rings. The molecule has 5 heteroatoms. The SMILES string of the molecule is CC(C)=CCc1cc2c(cc1O)OCC(c1ccc(O)cc1O)C2=O. The van der Waals surface area contributed by atoms with Gasteiger partial charge in [-0.15, -0.1) is 0 Å². The van der Waals surface area contributed by atoms with Gasteiger partial charge in [0.05, 0.1) is 11.5 Å². The predicted molar refractivity (Wildman–Crippen MR) is 93.6 cm³/mol. The van der Waals surface area contributed by atoms with Crippen LogP contribution in [0.5, 0.6) is 23.0 Å². The number of rotatable bonds is 3. The van der Waals surface area contributed by atoms with E-state index in [1.165, 1.54) is 24.3 Å². The van der Waals surface area contributed by atoms with Crippen molar-refractivity contribution in [1.82, 2.24) is 0 Å². The highest BCUT2D eigenvalue weighted by Gasteiger charge is 2.32. The molecule has 0 radical (unpaired) electrons. The van der Waals surface area contributed by atoms with Gasteiger partial charge in [-0.1, -0.05) is 17.7 Å². The highest BCUT2D eigenvalue weighted by molar-refractivity contribution is 6.05. The largest absolute Gasteiger partial charge is 0.508 e. The van der Waals surface area contributed by atoms with Crippen molar-refractivity contribution in [2.24, 2.45) is 0 Å². The topological polar surface area (TPSA) is 87.0 Å². The van der Waals surface area contributed by atoms with Crippen LogP contribution in [0.4, 0.5) is 0 Å². The van der Waals surface area contributed by atoms with Crippen molar-refractivity contribution in [3.63, 3.8) is 0 Å². The molecule has 0 bridgehead atoms. The lowest BCUT2D eigenvalue weighted by atomic mass is 9.87. The molecule has 5 nitrogen and oxygen atoms in total. The number of phenols is 3. The van der Waals surface area contributed by atoms with Gasteiger partial charge >= 0.3 is 0 Å². The maximum Gasteiger partial charge on any atom is 0.177 e. The van der Waals surface area contributed by atoms with Crippen molar-refractivity contribution in [2.45, 2.75) is 26.2 Å². The molecule has 1 atom stereocenters. The number of Topliss-reactive ketones (excluding diaryl/α,β-unsaturated/α-hetero) is 1. The summed E-state index contributed by atoms with van der Waals surface area (Å²) in [4.78, 5) is 12.9. The lowest BCUT2D eigenvalue weighted by Crippen LogP contribution is -2.26. The summed E-state index contributed by atoms with van der Waals surface area (Å²) in [6.45, 7) is 4.00. The Morgan fingerprint density at radius 1 is 1.16 bits per heavy atom. The van der Waals surface area contributed by atoms with Gasteiger partial charge in [0.15, 0.2) is 5.78 Å². The van der Waals surface area contributed by atoms with Gasteiger partial charge in [0, 0.05) is 17.7 Å². The number of carbonyl (C=O) groups excluding carboxylic acids is 1. The first-order valence-corrected chi connectivity index (χ1v) is 8.05. The predicted octanol–water partition coefficient (Wildman–Crippen LogP) is 3.67. The molecule has 1 heterocycles. The van der Waals surface area contributed by atoms with Crippen LogP contribution in [-0.2, 0) is 6.42 Å². The molecule has 0 spiro atoms. The average Bonchev–Trinajstić information content (AvgIpc) is 2.54. The molecule has 3 rings (SSSR count). The number of ether oxygens (including phenoxy) is 1. The van der Waals surface area contributed by atoms with E-state index in [4.69, 9.17) is 4.74 Å². The van der Waals surface area contributed by atoms with Crippen LogP contribution >= 0.6 is 0 Å². The number of aromatic hydroxyl groups is 3. The molecule has 1 aliphatic heterocycles. The smallest absolute Gasteiger partial charge is 0.177 e. The van der Waals surface area contributed by atoms with E-state index in [-0.39, 0.29) is 29.6 Å². The molecule has 0 saturated heterocycles. The van der Waals surface area contributed by atoms with E-state index >= 15 is 0 Å². The van der Waals surface area contributed by atoms with Crippen molar-refractivity contribution >= 4 is 5.78 Å². The first-order valence-electron chi connectivity index (χ1n) is 8.05. The van der Waals surface area contributed by atoms with Gasteiger partial charge in [-0.3, -0.25) is 4.79 Å². The molecule has 3 N–H and O–H groups in total. The second kappa shape index (κ2) is 6.51. The number of ketones is 1. The molecule has 0 amide bonds. The monoisotopic (exact) mass is 340 g/mol. The molecule has 1 aliphatic rings. The zero-order valence-electron chi connectivity index (χ0n) is 14.1. The third-order valence-corrected chi connectivity index (χ3v) is 4.29. The molecule has 25 heavy (non-hydrogen) atoms. The molecule has 130 valence electrons. The number of hydrogen-bond acceptors (Lipinski definition) is 5. The van der Waals surface area contributed by atoms with Gasteiger partial charge in [-0.2, -0.15) is 0 Å². The van der Waals surface area contributed by atoms with Gasteiger partial charge in [0.25, 0.3) is 0 Å². The highest BCUT2D eigenvalue weighted by atomic mass is 16.5. The van der Waals surface area contributed by atoms with E-state index in [0.29, 0.717) is 28.9 Å². The maximum absolute atomic E-state index is 12.9. The summed E-state index contributed by atoms with van der Waals surface area (Å²) in [7, 11) is 0. The normalized spacial score (nSPS) is 16.1. The molecule has 0 saturated carbocycles. The standard InChI is InChI=1S/C20H20O5/c1-11(2)3-4-12-7-15-19(9-17(12)22)25-10-16(20(15)24)14-6-5-13(21)8-18(14)23/h3,5-9,16,21-23H,4,10H2,1-2H3. The first-order chi connectivity index (χ1) is 11.9. The zero-order chi connectivity index (χ0) is 18.1. The van der Waals surface area contributed by atoms with Gasteiger partial charge in [0.1, 0.15) is 29.6 Å². The Hall–Kier alpha value is -2.95. The van der Waals surface area contributed by atoms with Crippen LogP contribution in [0, 0.1) is 0 Å². The van der Waals surface area contributed by atoms with Gasteiger partial charge in [-0.25, -0.2) is 0 Å². The lowest BCUT2D eigenvalue weighted by molar-refractivity contribution is 0.0893. The summed E-state index contributed by atoms with van der Waals surface area (Å²) in [5.41, 5.74) is 2.56. The molecule has 1 unspecified atom stereocenters. The highest BCUT2D eigenvalue weighted by Crippen LogP contribution is 2.39. The van der Waals surface area contributed by atoms with Crippen LogP contribution in [0.1, 0.15) is 41.3 Å². The van der Waals surface area contributed by atoms with E-state index < -0.39 is 5.92 Å². The number of carbonyl (C=O) groups is 1. The van der Waals surface area contributed by atoms with E-state index in [1.807, 2.05) is 19.9 Å². The number of phenolic OH excluding ortho intramolecular Hbond substituents is 3. The van der Waals surface area contributed by atoms with Crippen LogP contribution in [-0.4, -0.2) is 27.7 Å². The second-order valence-electron chi connectivity index (χ2n) is 6.43. The summed E-state index contributed by atoms with van der Waals surface area (Å²) in [6.07, 6.45) is 2.49. The van der Waals surface area contributed by atoms with Crippen LogP contribution < -0.4 is 4.74 Å². The number of fused-ring (bicyclic) bond motifs is 1. The summed E-state index contributed by atoms with van der Waals surface area (Å²) < 4.78 is 5.64. The van der Waals surface area contributed by atoms with Crippen molar-refractivity contribution < 1.29 is 24.9 Å². The molecule has 0 aromatic heterocycles. The van der Waals surface area contributed by atoms with Crippen LogP contribution in [0.25, 0.3) is 0 Å². The lowest BCUT2D eigenvalue weighted by Gasteiger charge is -2.25. The molecular formula is C20H20O5. The number of benzene rings is 2. The fourth-order valence-corrected chi connectivity index (χ4v) is 2.90. The fourth-order valence-electron chi connectivity index (χ4n) is 2.90. The summed E-state index contributed by atoms with van der Waals surface area (Å²) in [5, 5.41) is 29.6. The Morgan fingerprint density at radius 3 is 2.60 bits per heavy atom. The van der Waals surface area contributed by atoms with E-state index in [0.717, 1.165) is 5.57 Å². The Morgan fingerprint density at radius 2 is 1.92 bits per heavy atom. The third-order valence-electron chi connectivity index (χ3n) is 4.29. The quantitative estimate of drug-likeness (QED) is 0.742. The van der Waals surface area contributed by atoms with Crippen LogP contribution in [0.2, 0.25) is 0 Å². The van der Waals surface area contributed by atoms with E-state index in [1.54, 1.807) is 6.07 Å². The Balaban J connectivity index is 1.98. The van der Waals surface area contributed by atoms with Crippen molar-refractivity contribution in [3.8, 4) is 23.0 Å². The minimum atomic E-state index is -0.658.